The number of halogens is 1. The number of hydrogen-bond acceptors (Lipinski definition) is 2. The second kappa shape index (κ2) is 25.9. The number of unbranched alkanes of at least 4 members (excludes halogenated alkanes) is 11. The van der Waals surface area contributed by atoms with Crippen molar-refractivity contribution < 1.29 is 27.9 Å². The first-order valence-corrected chi connectivity index (χ1v) is 11.5. The predicted octanol–water partition coefficient (Wildman–Crippen LogP) is 1.58. The standard InChI is InChI=1S/C23H47NO2.ClH/c1-24-20-16-14-12-10-8-6-4-2-3-5-7-9-11-13-15-17-23(18-21-25)19-22-26;/h2-3,23-26H,4-22H2,1H3;1H/b3-2-;. The van der Waals surface area contributed by atoms with E-state index in [4.69, 9.17) is 10.2 Å². The molecule has 164 valence electrons. The first kappa shape index (κ1) is 29.1. The zero-order chi connectivity index (χ0) is 19.1. The topological polar surface area (TPSA) is 57.1 Å². The Bertz CT molecular complexity index is 282. The van der Waals surface area contributed by atoms with E-state index in [1.807, 2.05) is 0 Å². The second-order valence-corrected chi connectivity index (χ2v) is 7.81. The van der Waals surface area contributed by atoms with Crippen LogP contribution in [-0.4, -0.2) is 37.0 Å². The van der Waals surface area contributed by atoms with Gasteiger partial charge >= 0.3 is 0 Å². The molecular weight excluding hydrogens is 358 g/mol. The maximum atomic E-state index is 9.02. The fourth-order valence-corrected chi connectivity index (χ4v) is 3.58. The van der Waals surface area contributed by atoms with Gasteiger partial charge < -0.3 is 27.9 Å². The molecule has 0 bridgehead atoms. The van der Waals surface area contributed by atoms with Gasteiger partial charge in [0.25, 0.3) is 0 Å². The molecule has 0 aliphatic rings. The number of aliphatic hydroxyl groups is 2. The summed E-state index contributed by atoms with van der Waals surface area (Å²) in [6, 6.07) is 0. The van der Waals surface area contributed by atoms with Crippen molar-refractivity contribution >= 4 is 0 Å². The molecule has 0 heterocycles. The normalized spacial score (nSPS) is 11.4. The molecule has 0 fully saturated rings. The second-order valence-electron chi connectivity index (χ2n) is 7.81. The quantitative estimate of drug-likeness (QED) is 0.200. The Kier molecular flexibility index (Phi) is 27.9. The van der Waals surface area contributed by atoms with Gasteiger partial charge in [0, 0.05) is 13.2 Å². The predicted molar refractivity (Wildman–Crippen MR) is 113 cm³/mol. The van der Waals surface area contributed by atoms with Crippen molar-refractivity contribution in [2.24, 2.45) is 5.92 Å². The van der Waals surface area contributed by atoms with Crippen molar-refractivity contribution in [3.8, 4) is 0 Å². The van der Waals surface area contributed by atoms with Gasteiger partial charge in [0.05, 0.1) is 13.6 Å². The highest BCUT2D eigenvalue weighted by atomic mass is 35.5. The van der Waals surface area contributed by atoms with Crippen LogP contribution in [-0.2, 0) is 0 Å². The van der Waals surface area contributed by atoms with Crippen molar-refractivity contribution in [1.29, 1.82) is 0 Å². The summed E-state index contributed by atoms with van der Waals surface area (Å²) < 4.78 is 0. The SMILES string of the molecule is C[NH2+]CCCCCCCC/C=C\CCCCCCCC(CCO)CCO.[Cl-]. The Balaban J connectivity index is 0. The number of aliphatic hydroxyl groups excluding tert-OH is 2. The van der Waals surface area contributed by atoms with E-state index in [1.165, 1.54) is 90.0 Å². The molecule has 3 nitrogen and oxygen atoms in total. The van der Waals surface area contributed by atoms with Crippen molar-refractivity contribution in [3.63, 3.8) is 0 Å². The first-order chi connectivity index (χ1) is 12.8. The third kappa shape index (κ3) is 23.9. The lowest BCUT2D eigenvalue weighted by molar-refractivity contribution is -0.627. The molecule has 0 aromatic heterocycles. The largest absolute Gasteiger partial charge is 1.00 e. The molecule has 0 unspecified atom stereocenters. The molecule has 4 N–H and O–H groups in total. The number of quaternary nitrogens is 1. The van der Waals surface area contributed by atoms with Gasteiger partial charge in [-0.25, -0.2) is 0 Å². The van der Waals surface area contributed by atoms with Crippen LogP contribution in [0.2, 0.25) is 0 Å². The van der Waals surface area contributed by atoms with Gasteiger partial charge in [-0.15, -0.1) is 0 Å². The fraction of sp³-hybridized carbons (Fsp3) is 0.913. The summed E-state index contributed by atoms with van der Waals surface area (Å²) in [4.78, 5) is 0. The highest BCUT2D eigenvalue weighted by Gasteiger charge is 2.06. The van der Waals surface area contributed by atoms with Crippen LogP contribution >= 0.6 is 0 Å². The van der Waals surface area contributed by atoms with E-state index in [0.29, 0.717) is 5.92 Å². The zero-order valence-electron chi connectivity index (χ0n) is 18.0. The van der Waals surface area contributed by atoms with Crippen LogP contribution in [0.25, 0.3) is 0 Å². The molecule has 0 aromatic rings. The van der Waals surface area contributed by atoms with Crippen LogP contribution in [0.3, 0.4) is 0 Å². The zero-order valence-corrected chi connectivity index (χ0v) is 18.8. The van der Waals surface area contributed by atoms with E-state index in [-0.39, 0.29) is 25.6 Å². The lowest BCUT2D eigenvalue weighted by Gasteiger charge is -2.13. The van der Waals surface area contributed by atoms with Gasteiger partial charge in [0.1, 0.15) is 0 Å². The number of nitrogens with two attached hydrogens (primary N) is 1. The monoisotopic (exact) mass is 405 g/mol. The Labute approximate surface area is 175 Å². The van der Waals surface area contributed by atoms with E-state index in [1.54, 1.807) is 0 Å². The van der Waals surface area contributed by atoms with Gasteiger partial charge in [-0.1, -0.05) is 63.5 Å². The molecule has 0 rings (SSSR count). The van der Waals surface area contributed by atoms with Crippen LogP contribution < -0.4 is 17.7 Å². The van der Waals surface area contributed by atoms with Crippen LogP contribution in [0.4, 0.5) is 0 Å². The molecule has 4 heteroatoms. The smallest absolute Gasteiger partial charge is 0.0753 e. The fourth-order valence-electron chi connectivity index (χ4n) is 3.58. The van der Waals surface area contributed by atoms with E-state index in [0.717, 1.165) is 19.3 Å². The minimum Gasteiger partial charge on any atom is -1.00 e. The van der Waals surface area contributed by atoms with Crippen LogP contribution in [0.1, 0.15) is 103 Å². The van der Waals surface area contributed by atoms with Crippen molar-refractivity contribution in [2.75, 3.05) is 26.8 Å². The maximum Gasteiger partial charge on any atom is 0.0753 e. The third-order valence-electron chi connectivity index (χ3n) is 5.34. The summed E-state index contributed by atoms with van der Waals surface area (Å²) in [6.07, 6.45) is 25.0. The summed E-state index contributed by atoms with van der Waals surface area (Å²) in [6.45, 7) is 1.81. The lowest BCUT2D eigenvalue weighted by Crippen LogP contribution is -3.00. The molecule has 27 heavy (non-hydrogen) atoms. The van der Waals surface area contributed by atoms with E-state index in [9.17, 15) is 0 Å². The van der Waals surface area contributed by atoms with Crippen molar-refractivity contribution in [3.05, 3.63) is 12.2 Å². The average molecular weight is 406 g/mol. The van der Waals surface area contributed by atoms with Gasteiger partial charge in [-0.05, 0) is 57.3 Å². The molecular formula is C23H48ClNO2. The van der Waals surface area contributed by atoms with Crippen LogP contribution in [0.5, 0.6) is 0 Å². The van der Waals surface area contributed by atoms with E-state index < -0.39 is 0 Å². The molecule has 0 saturated carbocycles. The third-order valence-corrected chi connectivity index (χ3v) is 5.34. The molecule has 0 aromatic carbocycles. The lowest BCUT2D eigenvalue weighted by atomic mass is 9.95. The van der Waals surface area contributed by atoms with Gasteiger partial charge in [0.2, 0.25) is 0 Å². The highest BCUT2D eigenvalue weighted by molar-refractivity contribution is 4.81. The molecule has 0 radical (unpaired) electrons. The number of allylic oxidation sites excluding steroid dienone is 2. The Morgan fingerprint density at radius 3 is 1.56 bits per heavy atom. The number of rotatable bonds is 21. The summed E-state index contributed by atoms with van der Waals surface area (Å²) in [5, 5.41) is 20.3. The summed E-state index contributed by atoms with van der Waals surface area (Å²) >= 11 is 0. The summed E-state index contributed by atoms with van der Waals surface area (Å²) in [5.41, 5.74) is 0. The highest BCUT2D eigenvalue weighted by Crippen LogP contribution is 2.18. The van der Waals surface area contributed by atoms with Crippen LogP contribution in [0.15, 0.2) is 12.2 Å². The van der Waals surface area contributed by atoms with Crippen molar-refractivity contribution in [2.45, 2.75) is 103 Å². The van der Waals surface area contributed by atoms with Gasteiger partial charge in [-0.3, -0.25) is 0 Å². The first-order valence-electron chi connectivity index (χ1n) is 11.5. The molecule has 0 atom stereocenters. The van der Waals surface area contributed by atoms with Gasteiger partial charge in [0.15, 0.2) is 0 Å². The van der Waals surface area contributed by atoms with Crippen molar-refractivity contribution in [1.82, 2.24) is 0 Å². The minimum atomic E-state index is 0. The van der Waals surface area contributed by atoms with Crippen LogP contribution in [0, 0.1) is 5.92 Å². The molecule has 0 saturated heterocycles. The maximum absolute atomic E-state index is 9.02. The minimum absolute atomic E-state index is 0. The molecule has 0 aliphatic carbocycles. The molecule has 0 spiro atoms. The Morgan fingerprint density at radius 2 is 1.07 bits per heavy atom. The average Bonchev–Trinajstić information content (AvgIpc) is 2.64. The van der Waals surface area contributed by atoms with E-state index >= 15 is 0 Å². The summed E-state index contributed by atoms with van der Waals surface area (Å²) in [7, 11) is 2.16. The van der Waals surface area contributed by atoms with Gasteiger partial charge in [-0.2, -0.15) is 0 Å². The Morgan fingerprint density at radius 1 is 0.630 bits per heavy atom. The van der Waals surface area contributed by atoms with E-state index in [2.05, 4.69) is 24.5 Å². The molecule has 0 aliphatic heterocycles. The number of hydrogen-bond donors (Lipinski definition) is 3. The Hall–Kier alpha value is -0.0900. The summed E-state index contributed by atoms with van der Waals surface area (Å²) in [5.74, 6) is 0.516. The molecule has 0 amide bonds.